The van der Waals surface area contributed by atoms with Gasteiger partial charge in [0.05, 0.1) is 5.56 Å². The highest BCUT2D eigenvalue weighted by Crippen LogP contribution is 2.29. The van der Waals surface area contributed by atoms with Crippen LogP contribution in [0.15, 0.2) is 34.9 Å². The van der Waals surface area contributed by atoms with Crippen molar-refractivity contribution < 1.29 is 14.4 Å². The number of aromatic hydroxyl groups is 1. The predicted octanol–water partition coefficient (Wildman–Crippen LogP) is 2.28. The van der Waals surface area contributed by atoms with Crippen LogP contribution in [0.3, 0.4) is 0 Å². The quantitative estimate of drug-likeness (QED) is 0.897. The zero-order valence-corrected chi connectivity index (χ0v) is 10.4. The SMILES string of the molecule is O=C(c1cc(-c2ccccc2O)on1)N1CCCC1. The highest BCUT2D eigenvalue weighted by Gasteiger charge is 2.23. The van der Waals surface area contributed by atoms with Gasteiger partial charge in [-0.25, -0.2) is 0 Å². The minimum Gasteiger partial charge on any atom is -0.507 e. The maximum Gasteiger partial charge on any atom is 0.276 e. The third-order valence-corrected chi connectivity index (χ3v) is 3.29. The molecule has 5 nitrogen and oxygen atoms in total. The minimum atomic E-state index is -0.108. The Hall–Kier alpha value is -2.30. The zero-order chi connectivity index (χ0) is 13.2. The summed E-state index contributed by atoms with van der Waals surface area (Å²) in [6.07, 6.45) is 2.08. The predicted molar refractivity (Wildman–Crippen MR) is 68.7 cm³/mol. The van der Waals surface area contributed by atoms with Crippen LogP contribution in [0.4, 0.5) is 0 Å². The van der Waals surface area contributed by atoms with Crippen LogP contribution in [-0.2, 0) is 0 Å². The molecular formula is C14H14N2O3. The lowest BCUT2D eigenvalue weighted by Gasteiger charge is -2.12. The number of phenols is 1. The molecule has 0 radical (unpaired) electrons. The van der Waals surface area contributed by atoms with Crippen molar-refractivity contribution in [2.45, 2.75) is 12.8 Å². The number of benzene rings is 1. The fraction of sp³-hybridized carbons (Fsp3) is 0.286. The summed E-state index contributed by atoms with van der Waals surface area (Å²) in [4.78, 5) is 13.9. The van der Waals surface area contributed by atoms with E-state index < -0.39 is 0 Å². The number of carbonyl (C=O) groups is 1. The van der Waals surface area contributed by atoms with Gasteiger partial charge in [-0.2, -0.15) is 0 Å². The third kappa shape index (κ3) is 2.19. The van der Waals surface area contributed by atoms with Crippen molar-refractivity contribution in [3.8, 4) is 17.1 Å². The maximum absolute atomic E-state index is 12.1. The van der Waals surface area contributed by atoms with Gasteiger partial charge in [0.25, 0.3) is 5.91 Å². The Kier molecular flexibility index (Phi) is 2.95. The summed E-state index contributed by atoms with van der Waals surface area (Å²) < 4.78 is 5.15. The molecule has 1 aromatic carbocycles. The number of likely N-dealkylation sites (tertiary alicyclic amines) is 1. The van der Waals surface area contributed by atoms with Crippen LogP contribution >= 0.6 is 0 Å². The van der Waals surface area contributed by atoms with Crippen LogP contribution in [-0.4, -0.2) is 34.2 Å². The van der Waals surface area contributed by atoms with Crippen molar-refractivity contribution in [1.29, 1.82) is 0 Å². The molecule has 1 saturated heterocycles. The molecule has 0 atom stereocenters. The van der Waals surface area contributed by atoms with Gasteiger partial charge in [0, 0.05) is 19.2 Å². The summed E-state index contributed by atoms with van der Waals surface area (Å²) in [6, 6.07) is 8.39. The highest BCUT2D eigenvalue weighted by atomic mass is 16.5. The second-order valence-electron chi connectivity index (χ2n) is 4.59. The molecule has 1 amide bonds. The summed E-state index contributed by atoms with van der Waals surface area (Å²) in [5.41, 5.74) is 0.829. The van der Waals surface area contributed by atoms with Crippen molar-refractivity contribution in [1.82, 2.24) is 10.1 Å². The lowest BCUT2D eigenvalue weighted by atomic mass is 10.1. The van der Waals surface area contributed by atoms with Gasteiger partial charge in [0.15, 0.2) is 11.5 Å². The molecule has 0 spiro atoms. The zero-order valence-electron chi connectivity index (χ0n) is 10.4. The van der Waals surface area contributed by atoms with Gasteiger partial charge in [0.1, 0.15) is 5.75 Å². The molecule has 2 aromatic rings. The summed E-state index contributed by atoms with van der Waals surface area (Å²) in [6.45, 7) is 1.55. The first kappa shape index (κ1) is 11.8. The fourth-order valence-electron chi connectivity index (χ4n) is 2.27. The lowest BCUT2D eigenvalue weighted by molar-refractivity contribution is 0.0782. The van der Waals surface area contributed by atoms with Gasteiger partial charge >= 0.3 is 0 Å². The van der Waals surface area contributed by atoms with Crippen LogP contribution in [0.2, 0.25) is 0 Å². The maximum atomic E-state index is 12.1. The second-order valence-corrected chi connectivity index (χ2v) is 4.59. The Morgan fingerprint density at radius 2 is 2.00 bits per heavy atom. The van der Waals surface area contributed by atoms with Crippen molar-refractivity contribution >= 4 is 5.91 Å². The summed E-state index contributed by atoms with van der Waals surface area (Å²) in [5.74, 6) is 0.405. The van der Waals surface area contributed by atoms with E-state index in [2.05, 4.69) is 5.16 Å². The largest absolute Gasteiger partial charge is 0.507 e. The first-order valence-electron chi connectivity index (χ1n) is 6.30. The molecule has 3 rings (SSSR count). The Morgan fingerprint density at radius 1 is 1.26 bits per heavy atom. The highest BCUT2D eigenvalue weighted by molar-refractivity contribution is 5.93. The van der Waals surface area contributed by atoms with E-state index in [4.69, 9.17) is 4.52 Å². The first-order chi connectivity index (χ1) is 9.25. The summed E-state index contributed by atoms with van der Waals surface area (Å²) in [5, 5.41) is 13.5. The van der Waals surface area contributed by atoms with Crippen molar-refractivity contribution in [3.63, 3.8) is 0 Å². The molecule has 5 heteroatoms. The van der Waals surface area contributed by atoms with E-state index in [1.165, 1.54) is 0 Å². The van der Waals surface area contributed by atoms with Crippen LogP contribution < -0.4 is 0 Å². The number of aromatic nitrogens is 1. The smallest absolute Gasteiger partial charge is 0.276 e. The van der Waals surface area contributed by atoms with Gasteiger partial charge in [-0.15, -0.1) is 0 Å². The van der Waals surface area contributed by atoms with Crippen molar-refractivity contribution in [2.24, 2.45) is 0 Å². The Morgan fingerprint density at radius 3 is 2.74 bits per heavy atom. The molecule has 1 fully saturated rings. The Bertz CT molecular complexity index is 600. The topological polar surface area (TPSA) is 66.6 Å². The molecule has 1 aliphatic heterocycles. The monoisotopic (exact) mass is 258 g/mol. The van der Waals surface area contributed by atoms with Crippen molar-refractivity contribution in [3.05, 3.63) is 36.0 Å². The first-order valence-corrected chi connectivity index (χ1v) is 6.30. The molecule has 0 unspecified atom stereocenters. The number of nitrogens with zero attached hydrogens (tertiary/aromatic N) is 2. The van der Waals surface area contributed by atoms with Crippen LogP contribution in [0.25, 0.3) is 11.3 Å². The molecule has 98 valence electrons. The number of hydrogen-bond donors (Lipinski definition) is 1. The fourth-order valence-corrected chi connectivity index (χ4v) is 2.27. The van der Waals surface area contributed by atoms with Crippen molar-refractivity contribution in [2.75, 3.05) is 13.1 Å². The van der Waals surface area contributed by atoms with E-state index in [1.54, 1.807) is 35.2 Å². The Balaban J connectivity index is 1.87. The molecule has 0 aliphatic carbocycles. The number of carbonyl (C=O) groups excluding carboxylic acids is 1. The number of rotatable bonds is 2. The van der Waals surface area contributed by atoms with E-state index in [0.29, 0.717) is 17.0 Å². The van der Waals surface area contributed by atoms with Crippen LogP contribution in [0.1, 0.15) is 23.3 Å². The van der Waals surface area contributed by atoms with Gasteiger partial charge in [-0.05, 0) is 25.0 Å². The molecule has 1 aliphatic rings. The molecule has 0 bridgehead atoms. The molecule has 1 N–H and O–H groups in total. The van der Waals surface area contributed by atoms with E-state index in [9.17, 15) is 9.90 Å². The van der Waals surface area contributed by atoms with Gasteiger partial charge in [0.2, 0.25) is 0 Å². The second kappa shape index (κ2) is 4.76. The minimum absolute atomic E-state index is 0.108. The van der Waals surface area contributed by atoms with Gasteiger partial charge < -0.3 is 14.5 Å². The molecule has 2 heterocycles. The Labute approximate surface area is 110 Å². The van der Waals surface area contributed by atoms with Crippen LogP contribution in [0, 0.1) is 0 Å². The normalized spacial score (nSPS) is 14.8. The molecule has 19 heavy (non-hydrogen) atoms. The average molecular weight is 258 g/mol. The average Bonchev–Trinajstić information content (AvgIpc) is 3.10. The molecule has 0 saturated carbocycles. The molecular weight excluding hydrogens is 244 g/mol. The van der Waals surface area contributed by atoms with E-state index in [0.717, 1.165) is 25.9 Å². The summed E-state index contributed by atoms with van der Waals surface area (Å²) in [7, 11) is 0. The third-order valence-electron chi connectivity index (χ3n) is 3.29. The van der Waals surface area contributed by atoms with E-state index in [1.807, 2.05) is 0 Å². The standard InChI is InChI=1S/C14H14N2O3/c17-12-6-2-1-5-10(12)13-9-11(15-19-13)14(18)16-7-3-4-8-16/h1-2,5-6,9,17H,3-4,7-8H2. The van der Waals surface area contributed by atoms with Crippen LogP contribution in [0.5, 0.6) is 5.75 Å². The summed E-state index contributed by atoms with van der Waals surface area (Å²) >= 11 is 0. The van der Waals surface area contributed by atoms with E-state index >= 15 is 0 Å². The number of amides is 1. The number of phenolic OH excluding ortho intramolecular Hbond substituents is 1. The number of hydrogen-bond acceptors (Lipinski definition) is 4. The van der Waals surface area contributed by atoms with Gasteiger partial charge in [-0.1, -0.05) is 17.3 Å². The lowest BCUT2D eigenvalue weighted by Crippen LogP contribution is -2.27. The van der Waals surface area contributed by atoms with Gasteiger partial charge in [-0.3, -0.25) is 4.79 Å². The molecule has 1 aromatic heterocycles. The van der Waals surface area contributed by atoms with E-state index in [-0.39, 0.29) is 11.7 Å². The number of para-hydroxylation sites is 1.